The highest BCUT2D eigenvalue weighted by Gasteiger charge is 2.26. The zero-order chi connectivity index (χ0) is 17.0. The minimum absolute atomic E-state index is 0.293. The maximum Gasteiger partial charge on any atom is 0.434 e. The predicted molar refractivity (Wildman–Crippen MR) is 98.6 cm³/mol. The number of amides is 1. The Hall–Kier alpha value is 0.170. The summed E-state index contributed by atoms with van der Waals surface area (Å²) in [6, 6.07) is 0. The lowest BCUT2D eigenvalue weighted by atomic mass is 10.3. The number of nitrogens with zero attached hydrogens (tertiary/aromatic N) is 2. The molecular formula is C11H24N3O4PS3. The molecule has 0 fully saturated rings. The second-order valence-corrected chi connectivity index (χ2v) is 9.70. The maximum absolute atomic E-state index is 11.5. The first-order chi connectivity index (χ1) is 10.4. The van der Waals surface area contributed by atoms with Gasteiger partial charge in [0.2, 0.25) is 0 Å². The van der Waals surface area contributed by atoms with Gasteiger partial charge < -0.3 is 14.4 Å². The van der Waals surface area contributed by atoms with Gasteiger partial charge in [0.05, 0.1) is 5.88 Å². The van der Waals surface area contributed by atoms with Gasteiger partial charge in [0.25, 0.3) is 6.64 Å². The summed E-state index contributed by atoms with van der Waals surface area (Å²) in [5.41, 5.74) is 0. The van der Waals surface area contributed by atoms with Gasteiger partial charge in [-0.25, -0.2) is 4.79 Å². The van der Waals surface area contributed by atoms with Crippen molar-refractivity contribution in [1.29, 1.82) is 0 Å². The van der Waals surface area contributed by atoms with E-state index in [1.165, 1.54) is 37.9 Å². The Kier molecular flexibility index (Phi) is 12.7. The van der Waals surface area contributed by atoms with E-state index in [9.17, 15) is 4.79 Å². The molecule has 0 aromatic carbocycles. The van der Waals surface area contributed by atoms with Gasteiger partial charge in [-0.05, 0) is 43.4 Å². The Balaban J connectivity index is 4.40. The van der Waals surface area contributed by atoms with Crippen LogP contribution >= 0.6 is 30.4 Å². The molecule has 0 radical (unpaired) electrons. The zero-order valence-corrected chi connectivity index (χ0v) is 16.9. The lowest BCUT2D eigenvalue weighted by molar-refractivity contribution is 0.153. The van der Waals surface area contributed by atoms with Gasteiger partial charge in [-0.15, -0.1) is 11.8 Å². The molecule has 0 aromatic heterocycles. The second-order valence-electron chi connectivity index (χ2n) is 3.91. The molecule has 0 aliphatic rings. The summed E-state index contributed by atoms with van der Waals surface area (Å²) in [7, 11) is 3.07. The first-order valence-corrected chi connectivity index (χ1v) is 11.3. The Morgan fingerprint density at radius 2 is 2.05 bits per heavy atom. The third-order valence-electron chi connectivity index (χ3n) is 2.42. The number of unbranched alkanes of at least 4 members (excludes halogenated alkanes) is 1. The summed E-state index contributed by atoms with van der Waals surface area (Å²) in [6.07, 6.45) is 3.22. The van der Waals surface area contributed by atoms with Gasteiger partial charge in [0.1, 0.15) is 5.04 Å². The number of hydrogen-bond donors (Lipinski definition) is 1. The first-order valence-electron chi connectivity index (χ1n) is 6.59. The molecule has 0 saturated heterocycles. The molecule has 0 spiro atoms. The van der Waals surface area contributed by atoms with Crippen molar-refractivity contribution >= 4 is 53.3 Å². The molecule has 0 bridgehead atoms. The third-order valence-corrected chi connectivity index (χ3v) is 8.30. The molecule has 11 heteroatoms. The van der Waals surface area contributed by atoms with E-state index in [4.69, 9.17) is 25.7 Å². The molecule has 0 aliphatic heterocycles. The van der Waals surface area contributed by atoms with Crippen molar-refractivity contribution in [2.45, 2.75) is 26.7 Å². The van der Waals surface area contributed by atoms with E-state index in [-0.39, 0.29) is 0 Å². The summed E-state index contributed by atoms with van der Waals surface area (Å²) in [6.45, 7) is 2.06. The van der Waals surface area contributed by atoms with Crippen LogP contribution in [0.2, 0.25) is 0 Å². The molecule has 7 nitrogen and oxygen atoms in total. The fourth-order valence-corrected chi connectivity index (χ4v) is 4.56. The molecule has 0 heterocycles. The Morgan fingerprint density at radius 3 is 2.55 bits per heavy atom. The lowest BCUT2D eigenvalue weighted by Crippen LogP contribution is -2.26. The quantitative estimate of drug-likeness (QED) is 0.115. The van der Waals surface area contributed by atoms with Crippen LogP contribution in [0.25, 0.3) is 0 Å². The highest BCUT2D eigenvalue weighted by atomic mass is 32.5. The van der Waals surface area contributed by atoms with Crippen molar-refractivity contribution in [3.8, 4) is 0 Å². The van der Waals surface area contributed by atoms with E-state index >= 15 is 0 Å². The number of rotatable bonds is 10. The number of hydrogen-bond acceptors (Lipinski definition) is 8. The van der Waals surface area contributed by atoms with Gasteiger partial charge in [0.15, 0.2) is 0 Å². The molecule has 0 unspecified atom stereocenters. The van der Waals surface area contributed by atoms with Crippen LogP contribution in [0.5, 0.6) is 0 Å². The van der Waals surface area contributed by atoms with Crippen molar-refractivity contribution in [1.82, 2.24) is 9.39 Å². The highest BCUT2D eigenvalue weighted by molar-refractivity contribution is 8.15. The van der Waals surface area contributed by atoms with E-state index < -0.39 is 12.7 Å². The molecule has 0 atom stereocenters. The van der Waals surface area contributed by atoms with E-state index in [0.29, 0.717) is 10.9 Å². The smallest absolute Gasteiger partial charge is 0.321 e. The molecule has 1 amide bonds. The highest BCUT2D eigenvalue weighted by Crippen LogP contribution is 2.54. The number of carbonyl (C=O) groups excluding carboxylic acids is 1. The monoisotopic (exact) mass is 389 g/mol. The van der Waals surface area contributed by atoms with Gasteiger partial charge in [-0.2, -0.15) is 4.08 Å². The number of carbonyl (C=O) groups is 1. The van der Waals surface area contributed by atoms with E-state index in [2.05, 4.69) is 17.4 Å². The van der Waals surface area contributed by atoms with E-state index in [0.717, 1.165) is 19.4 Å². The summed E-state index contributed by atoms with van der Waals surface area (Å²) < 4.78 is 12.6. The van der Waals surface area contributed by atoms with Gasteiger partial charge in [-0.1, -0.05) is 18.5 Å². The minimum atomic E-state index is -2.51. The van der Waals surface area contributed by atoms with Crippen molar-refractivity contribution in [3.63, 3.8) is 0 Å². The van der Waals surface area contributed by atoms with Crippen LogP contribution in [-0.4, -0.2) is 48.1 Å². The Bertz CT molecular complexity index is 404. The van der Waals surface area contributed by atoms with E-state index in [1.54, 1.807) is 6.92 Å². The van der Waals surface area contributed by atoms with Crippen molar-refractivity contribution in [3.05, 3.63) is 0 Å². The van der Waals surface area contributed by atoms with Crippen molar-refractivity contribution in [2.24, 2.45) is 5.16 Å². The Morgan fingerprint density at radius 1 is 1.41 bits per heavy atom. The van der Waals surface area contributed by atoms with Crippen LogP contribution in [0.3, 0.4) is 0 Å². The lowest BCUT2D eigenvalue weighted by Gasteiger charge is -2.30. The van der Waals surface area contributed by atoms with Crippen molar-refractivity contribution < 1.29 is 18.7 Å². The molecule has 0 saturated carbocycles. The molecule has 0 rings (SSSR count). The predicted octanol–water partition coefficient (Wildman–Crippen LogP) is 3.63. The summed E-state index contributed by atoms with van der Waals surface area (Å²) in [5.74, 6) is 0.293. The molecule has 0 aliphatic carbocycles. The van der Waals surface area contributed by atoms with Crippen molar-refractivity contribution in [2.75, 3.05) is 32.9 Å². The van der Waals surface area contributed by atoms with E-state index in [1.807, 2.05) is 10.3 Å². The summed E-state index contributed by atoms with van der Waals surface area (Å²) in [4.78, 5) is 16.2. The van der Waals surface area contributed by atoms with Gasteiger partial charge >= 0.3 is 6.09 Å². The average Bonchev–Trinajstić information content (AvgIpc) is 2.54. The SMILES string of the molecule is CCCCN(SCNC(=O)ON=C(C)SC)P(=S)(OC)OC. The van der Waals surface area contributed by atoms with Crippen LogP contribution in [-0.2, 0) is 25.7 Å². The molecule has 130 valence electrons. The van der Waals surface area contributed by atoms with Crippen LogP contribution in [0.15, 0.2) is 5.16 Å². The molecular weight excluding hydrogens is 365 g/mol. The standard InChI is InChI=1S/C11H24N3O4PS3/c1-6-7-8-14(19(20,16-3)17-4)22-9-12-11(15)18-13-10(2)21-5/h6-9H2,1-5H3,(H,12,15). The zero-order valence-electron chi connectivity index (χ0n) is 13.5. The average molecular weight is 390 g/mol. The van der Waals surface area contributed by atoms with Crippen LogP contribution < -0.4 is 5.32 Å². The maximum atomic E-state index is 11.5. The molecule has 0 aromatic rings. The van der Waals surface area contributed by atoms with Gasteiger partial charge in [0, 0.05) is 20.8 Å². The third kappa shape index (κ3) is 8.71. The van der Waals surface area contributed by atoms with Crippen LogP contribution in [0.4, 0.5) is 4.79 Å². The van der Waals surface area contributed by atoms with Crippen LogP contribution in [0.1, 0.15) is 26.7 Å². The van der Waals surface area contributed by atoms with Crippen LogP contribution in [0, 0.1) is 0 Å². The van der Waals surface area contributed by atoms with Gasteiger partial charge in [-0.3, -0.25) is 4.84 Å². The number of oxime groups is 1. The summed E-state index contributed by atoms with van der Waals surface area (Å²) >= 11 is 8.17. The number of thioether (sulfide) groups is 1. The first kappa shape index (κ1) is 22.2. The fraction of sp³-hybridized carbons (Fsp3) is 0.818. The largest absolute Gasteiger partial charge is 0.434 e. The Labute approximate surface area is 146 Å². The normalized spacial score (nSPS) is 12.5. The summed E-state index contributed by atoms with van der Waals surface area (Å²) in [5, 5.41) is 6.91. The second kappa shape index (κ2) is 12.6. The molecule has 1 N–H and O–H groups in total. The fourth-order valence-electron chi connectivity index (χ4n) is 1.15. The number of nitrogens with one attached hydrogen (secondary N) is 1. The topological polar surface area (TPSA) is 72.4 Å². The molecule has 22 heavy (non-hydrogen) atoms. The minimum Gasteiger partial charge on any atom is -0.321 e.